The summed E-state index contributed by atoms with van der Waals surface area (Å²) in [7, 11) is 6.24. The van der Waals surface area contributed by atoms with Crippen LogP contribution < -0.4 is 18.9 Å². The Balaban J connectivity index is 2.41. The van der Waals surface area contributed by atoms with Crippen molar-refractivity contribution in [1.82, 2.24) is 0 Å². The maximum Gasteiger partial charge on any atom is 0.203 e. The number of ether oxygens (including phenoxy) is 4. The summed E-state index contributed by atoms with van der Waals surface area (Å²) < 4.78 is 21.6. The topological polar surface area (TPSA) is 57.2 Å². The number of benzene rings is 2. The van der Waals surface area contributed by atoms with E-state index in [4.69, 9.17) is 18.9 Å². The molecule has 24 heavy (non-hydrogen) atoms. The maximum atomic E-state index is 10.2. The van der Waals surface area contributed by atoms with E-state index in [9.17, 15) is 5.11 Å². The van der Waals surface area contributed by atoms with Gasteiger partial charge in [-0.05, 0) is 45.8 Å². The Morgan fingerprint density at radius 2 is 1.42 bits per heavy atom. The molecule has 0 aliphatic carbocycles. The van der Waals surface area contributed by atoms with Crippen LogP contribution >= 0.6 is 15.9 Å². The molecular formula is C18H19BrO5. The van der Waals surface area contributed by atoms with Gasteiger partial charge in [-0.1, -0.05) is 12.2 Å². The van der Waals surface area contributed by atoms with Gasteiger partial charge >= 0.3 is 0 Å². The molecule has 0 heterocycles. The van der Waals surface area contributed by atoms with E-state index in [1.807, 2.05) is 18.2 Å². The van der Waals surface area contributed by atoms with Crippen LogP contribution in [0.15, 0.2) is 28.7 Å². The van der Waals surface area contributed by atoms with Gasteiger partial charge in [0.15, 0.2) is 11.5 Å². The fourth-order valence-electron chi connectivity index (χ4n) is 2.24. The normalized spacial score (nSPS) is 10.7. The Hall–Kier alpha value is -2.34. The fourth-order valence-corrected chi connectivity index (χ4v) is 2.76. The van der Waals surface area contributed by atoms with E-state index in [2.05, 4.69) is 15.9 Å². The summed E-state index contributed by atoms with van der Waals surface area (Å²) in [5.41, 5.74) is 1.49. The molecule has 6 heteroatoms. The van der Waals surface area contributed by atoms with Crippen molar-refractivity contribution in [2.24, 2.45) is 0 Å². The van der Waals surface area contributed by atoms with Crippen LogP contribution in [0.5, 0.6) is 28.7 Å². The molecule has 0 amide bonds. The lowest BCUT2D eigenvalue weighted by molar-refractivity contribution is 0.324. The lowest BCUT2D eigenvalue weighted by atomic mass is 10.1. The summed E-state index contributed by atoms with van der Waals surface area (Å²) in [6.07, 6.45) is 3.64. The van der Waals surface area contributed by atoms with E-state index in [0.717, 1.165) is 5.56 Å². The molecule has 2 aromatic carbocycles. The molecule has 0 aliphatic rings. The van der Waals surface area contributed by atoms with Gasteiger partial charge in [0.25, 0.3) is 0 Å². The highest BCUT2D eigenvalue weighted by molar-refractivity contribution is 9.10. The molecule has 0 fully saturated rings. The van der Waals surface area contributed by atoms with Crippen LogP contribution in [0.4, 0.5) is 0 Å². The SMILES string of the molecule is COc1ccc(/C=C/c2cc(OC)c(OC)c(OC)c2)c(O)c1Br. The largest absolute Gasteiger partial charge is 0.506 e. The summed E-state index contributed by atoms with van der Waals surface area (Å²) in [6, 6.07) is 7.20. The maximum absolute atomic E-state index is 10.2. The standard InChI is InChI=1S/C18H19BrO5/c1-21-13-8-7-12(17(20)16(13)19)6-5-11-9-14(22-2)18(24-4)15(10-11)23-3/h5-10,20H,1-4H3/b6-5+. The van der Waals surface area contributed by atoms with Crippen molar-refractivity contribution in [1.29, 1.82) is 0 Å². The summed E-state index contributed by atoms with van der Waals surface area (Å²) in [6.45, 7) is 0. The predicted octanol–water partition coefficient (Wildman–Crippen LogP) is 4.36. The minimum Gasteiger partial charge on any atom is -0.506 e. The monoisotopic (exact) mass is 394 g/mol. The van der Waals surface area contributed by atoms with Gasteiger partial charge in [-0.3, -0.25) is 0 Å². The molecule has 128 valence electrons. The minimum absolute atomic E-state index is 0.109. The summed E-state index contributed by atoms with van der Waals surface area (Å²) in [5, 5.41) is 10.2. The van der Waals surface area contributed by atoms with Gasteiger partial charge in [0, 0.05) is 5.56 Å². The highest BCUT2D eigenvalue weighted by Crippen LogP contribution is 2.40. The van der Waals surface area contributed by atoms with Crippen molar-refractivity contribution in [2.45, 2.75) is 0 Å². The zero-order valence-corrected chi connectivity index (χ0v) is 15.5. The summed E-state index contributed by atoms with van der Waals surface area (Å²) in [4.78, 5) is 0. The smallest absolute Gasteiger partial charge is 0.203 e. The van der Waals surface area contributed by atoms with Gasteiger partial charge in [0.05, 0.1) is 28.4 Å². The van der Waals surface area contributed by atoms with Crippen LogP contribution in [0.3, 0.4) is 0 Å². The first-order valence-corrected chi connectivity index (χ1v) is 7.88. The van der Waals surface area contributed by atoms with Gasteiger partial charge in [-0.15, -0.1) is 0 Å². The van der Waals surface area contributed by atoms with Gasteiger partial charge in [-0.25, -0.2) is 0 Å². The lowest BCUT2D eigenvalue weighted by Gasteiger charge is -2.13. The van der Waals surface area contributed by atoms with Crippen LogP contribution in [-0.2, 0) is 0 Å². The molecule has 5 nitrogen and oxygen atoms in total. The first-order chi connectivity index (χ1) is 11.5. The molecular weight excluding hydrogens is 376 g/mol. The van der Waals surface area contributed by atoms with Gasteiger partial charge in [-0.2, -0.15) is 0 Å². The van der Waals surface area contributed by atoms with Crippen molar-refractivity contribution < 1.29 is 24.1 Å². The van der Waals surface area contributed by atoms with Crippen molar-refractivity contribution in [3.8, 4) is 28.7 Å². The van der Waals surface area contributed by atoms with Gasteiger partial charge < -0.3 is 24.1 Å². The number of phenols is 1. The van der Waals surface area contributed by atoms with Crippen LogP contribution in [0, 0.1) is 0 Å². The third kappa shape index (κ3) is 3.59. The average molecular weight is 395 g/mol. The Labute approximate surface area is 149 Å². The second-order valence-electron chi connectivity index (χ2n) is 4.81. The molecule has 0 saturated carbocycles. The zero-order valence-electron chi connectivity index (χ0n) is 13.9. The van der Waals surface area contributed by atoms with Crippen molar-refractivity contribution in [2.75, 3.05) is 28.4 Å². The van der Waals surface area contributed by atoms with Crippen LogP contribution in [-0.4, -0.2) is 33.5 Å². The number of halogens is 1. The highest BCUT2D eigenvalue weighted by Gasteiger charge is 2.13. The quantitative estimate of drug-likeness (QED) is 0.737. The molecule has 0 atom stereocenters. The van der Waals surface area contributed by atoms with E-state index in [1.165, 1.54) is 0 Å². The van der Waals surface area contributed by atoms with Crippen LogP contribution in [0.2, 0.25) is 0 Å². The number of rotatable bonds is 6. The lowest BCUT2D eigenvalue weighted by Crippen LogP contribution is -1.95. The predicted molar refractivity (Wildman–Crippen MR) is 97.4 cm³/mol. The van der Waals surface area contributed by atoms with E-state index in [0.29, 0.717) is 33.0 Å². The average Bonchev–Trinajstić information content (AvgIpc) is 2.61. The second kappa shape index (κ2) is 7.97. The Morgan fingerprint density at radius 1 is 0.833 bits per heavy atom. The van der Waals surface area contributed by atoms with E-state index in [-0.39, 0.29) is 5.75 Å². The van der Waals surface area contributed by atoms with E-state index < -0.39 is 0 Å². The first-order valence-electron chi connectivity index (χ1n) is 7.09. The molecule has 2 aromatic rings. The first kappa shape index (κ1) is 18.0. The molecule has 0 bridgehead atoms. The number of methoxy groups -OCH3 is 4. The molecule has 0 aliphatic heterocycles. The number of aromatic hydroxyl groups is 1. The van der Waals surface area contributed by atoms with Crippen molar-refractivity contribution in [3.05, 3.63) is 39.9 Å². The van der Waals surface area contributed by atoms with Gasteiger partial charge in [0.2, 0.25) is 5.75 Å². The molecule has 0 radical (unpaired) electrons. The molecule has 0 aromatic heterocycles. The van der Waals surface area contributed by atoms with Gasteiger partial charge in [0.1, 0.15) is 16.0 Å². The summed E-state index contributed by atoms with van der Waals surface area (Å²) in [5.74, 6) is 2.34. The molecule has 1 N–H and O–H groups in total. The van der Waals surface area contributed by atoms with Crippen LogP contribution in [0.25, 0.3) is 12.2 Å². The van der Waals surface area contributed by atoms with Crippen molar-refractivity contribution >= 4 is 28.1 Å². The van der Waals surface area contributed by atoms with Crippen molar-refractivity contribution in [3.63, 3.8) is 0 Å². The summed E-state index contributed by atoms with van der Waals surface area (Å²) >= 11 is 3.32. The third-order valence-electron chi connectivity index (χ3n) is 3.47. The third-order valence-corrected chi connectivity index (χ3v) is 4.24. The van der Waals surface area contributed by atoms with E-state index in [1.54, 1.807) is 46.6 Å². The number of hydrogen-bond acceptors (Lipinski definition) is 5. The molecule has 0 unspecified atom stereocenters. The zero-order chi connectivity index (χ0) is 17.7. The molecule has 0 saturated heterocycles. The van der Waals surface area contributed by atoms with Crippen LogP contribution in [0.1, 0.15) is 11.1 Å². The second-order valence-corrected chi connectivity index (χ2v) is 5.60. The Bertz CT molecular complexity index is 730. The molecule has 2 rings (SSSR count). The number of hydrogen-bond donors (Lipinski definition) is 1. The highest BCUT2D eigenvalue weighted by atomic mass is 79.9. The minimum atomic E-state index is 0.109. The fraction of sp³-hybridized carbons (Fsp3) is 0.222. The van der Waals surface area contributed by atoms with E-state index >= 15 is 0 Å². The Kier molecular flexibility index (Phi) is 5.98. The Morgan fingerprint density at radius 3 is 1.92 bits per heavy atom. The molecule has 0 spiro atoms. The number of phenolic OH excluding ortho intramolecular Hbond substituents is 1.